The fraction of sp³-hybridized carbons (Fsp3) is 0.154. The van der Waals surface area contributed by atoms with Crippen LogP contribution in [0.3, 0.4) is 0 Å². The lowest BCUT2D eigenvalue weighted by Crippen LogP contribution is -2.52. The van der Waals surface area contributed by atoms with E-state index in [0.29, 0.717) is 0 Å². The van der Waals surface area contributed by atoms with Crippen molar-refractivity contribution in [1.29, 1.82) is 0 Å². The van der Waals surface area contributed by atoms with Gasteiger partial charge in [-0.3, -0.25) is 19.4 Å². The number of rotatable bonds is 3. The molecule has 4 aromatic carbocycles. The first-order valence-corrected chi connectivity index (χ1v) is 16.1. The van der Waals surface area contributed by atoms with Gasteiger partial charge in [0.25, 0.3) is 11.8 Å². The van der Waals surface area contributed by atoms with Crippen LogP contribution in [0.5, 0.6) is 0 Å². The number of para-hydroxylation sites is 2. The smallest absolute Gasteiger partial charge is 0.301 e. The summed E-state index contributed by atoms with van der Waals surface area (Å²) in [6.45, 7) is 4.49. The Hall–Kier alpha value is -5.27. The minimum Gasteiger partial charge on any atom is -0.301 e. The standard InChI is InChI=1S/C39H31N3O3S/c1-38(2)29-19-13-20-30-33(29)42(36-31(38)23-26(46-36)22-27-34(43)40(3)37(45)41(4)35(27)44)32-21-12-11-18-28(32)39(30,24-14-7-5-8-15-24)25-16-9-6-10-17-25/h5-23H,1-4H3. The van der Waals surface area contributed by atoms with Crippen molar-refractivity contribution in [3.05, 3.63) is 153 Å². The Bertz CT molecular complexity index is 2060. The van der Waals surface area contributed by atoms with Crippen LogP contribution >= 0.6 is 11.3 Å². The van der Waals surface area contributed by atoms with Crippen molar-refractivity contribution in [3.8, 4) is 0 Å². The molecular formula is C39H31N3O3S. The Labute approximate surface area is 271 Å². The zero-order valence-electron chi connectivity index (χ0n) is 25.9. The lowest BCUT2D eigenvalue weighted by molar-refractivity contribution is -0.134. The average Bonchev–Trinajstić information content (AvgIpc) is 3.52. The van der Waals surface area contributed by atoms with Gasteiger partial charge in [-0.2, -0.15) is 0 Å². The number of imide groups is 2. The number of thiophene rings is 1. The second-order valence-corrected chi connectivity index (χ2v) is 13.7. The van der Waals surface area contributed by atoms with Crippen LogP contribution in [-0.4, -0.2) is 41.7 Å². The molecule has 6 nitrogen and oxygen atoms in total. The molecule has 0 bridgehead atoms. The van der Waals surface area contributed by atoms with Crippen molar-refractivity contribution in [2.24, 2.45) is 0 Å². The van der Waals surface area contributed by atoms with Crippen LogP contribution in [0, 0.1) is 0 Å². The molecule has 226 valence electrons. The van der Waals surface area contributed by atoms with E-state index in [1.807, 2.05) is 0 Å². The minimum absolute atomic E-state index is 0.0228. The number of carbonyl (C=O) groups excluding carboxylic acids is 3. The molecule has 5 aromatic rings. The van der Waals surface area contributed by atoms with Crippen molar-refractivity contribution >= 4 is 51.6 Å². The number of likely N-dealkylation sites (N-methyl/N-ethyl adjacent to an activating group) is 2. The van der Waals surface area contributed by atoms with Crippen molar-refractivity contribution < 1.29 is 14.4 Å². The highest BCUT2D eigenvalue weighted by Gasteiger charge is 2.51. The highest BCUT2D eigenvalue weighted by Crippen LogP contribution is 2.64. The van der Waals surface area contributed by atoms with E-state index in [2.05, 4.69) is 128 Å². The molecule has 0 spiro atoms. The van der Waals surface area contributed by atoms with E-state index < -0.39 is 23.3 Å². The Morgan fingerprint density at radius 3 is 1.80 bits per heavy atom. The van der Waals surface area contributed by atoms with E-state index in [9.17, 15) is 14.4 Å². The van der Waals surface area contributed by atoms with Gasteiger partial charge in [-0.05, 0) is 51.6 Å². The van der Waals surface area contributed by atoms with Crippen LogP contribution in [0.1, 0.15) is 52.1 Å². The van der Waals surface area contributed by atoms with Crippen molar-refractivity contribution in [3.63, 3.8) is 0 Å². The van der Waals surface area contributed by atoms with Gasteiger partial charge < -0.3 is 4.90 Å². The molecule has 4 amide bonds. The third-order valence-corrected chi connectivity index (χ3v) is 10.9. The summed E-state index contributed by atoms with van der Waals surface area (Å²) in [4.78, 5) is 43.7. The fourth-order valence-electron chi connectivity index (χ4n) is 7.57. The minimum atomic E-state index is -0.632. The predicted octanol–water partition coefficient (Wildman–Crippen LogP) is 7.99. The Balaban J connectivity index is 1.42. The second-order valence-electron chi connectivity index (χ2n) is 12.6. The van der Waals surface area contributed by atoms with Crippen LogP contribution in [0.15, 0.2) is 115 Å². The topological polar surface area (TPSA) is 60.9 Å². The number of hydrogen-bond acceptors (Lipinski definition) is 5. The van der Waals surface area contributed by atoms with Crippen LogP contribution < -0.4 is 4.90 Å². The maximum Gasteiger partial charge on any atom is 0.333 e. The number of barbiturate groups is 1. The third kappa shape index (κ3) is 3.60. The zero-order valence-corrected chi connectivity index (χ0v) is 26.8. The highest BCUT2D eigenvalue weighted by molar-refractivity contribution is 7.17. The number of anilines is 3. The molecule has 8 rings (SSSR count). The predicted molar refractivity (Wildman–Crippen MR) is 182 cm³/mol. The van der Waals surface area contributed by atoms with E-state index in [1.165, 1.54) is 41.9 Å². The van der Waals surface area contributed by atoms with E-state index in [4.69, 9.17) is 0 Å². The van der Waals surface area contributed by atoms with Crippen molar-refractivity contribution in [2.75, 3.05) is 19.0 Å². The lowest BCUT2D eigenvalue weighted by atomic mass is 9.60. The molecular weight excluding hydrogens is 591 g/mol. The molecule has 4 heterocycles. The quantitative estimate of drug-likeness (QED) is 0.149. The van der Waals surface area contributed by atoms with Gasteiger partial charge in [-0.15, -0.1) is 11.3 Å². The second kappa shape index (κ2) is 9.86. The average molecular weight is 622 g/mol. The lowest BCUT2D eigenvalue weighted by Gasteiger charge is -2.50. The number of fused-ring (bicyclic) bond motifs is 4. The molecule has 7 heteroatoms. The number of nitrogens with zero attached hydrogens (tertiary/aromatic N) is 3. The SMILES string of the molecule is CN1C(=O)C(=Cc2cc3c(s2)N2c4ccccc4C(c4ccccc4)(c4ccccc4)c4cccc(c42)C3(C)C)C(=O)N(C)C1=O. The normalized spacial score (nSPS) is 17.4. The highest BCUT2D eigenvalue weighted by atomic mass is 32.1. The Morgan fingerprint density at radius 2 is 1.17 bits per heavy atom. The van der Waals surface area contributed by atoms with Crippen molar-refractivity contribution in [2.45, 2.75) is 24.7 Å². The summed E-state index contributed by atoms with van der Waals surface area (Å²) >= 11 is 1.56. The molecule has 0 saturated carbocycles. The van der Waals surface area contributed by atoms with Crippen LogP contribution in [0.4, 0.5) is 21.2 Å². The summed E-state index contributed by atoms with van der Waals surface area (Å²) in [6.07, 6.45) is 1.64. The molecule has 0 unspecified atom stereocenters. The number of hydrogen-bond donors (Lipinski definition) is 0. The van der Waals surface area contributed by atoms with E-state index in [-0.39, 0.29) is 11.0 Å². The summed E-state index contributed by atoms with van der Waals surface area (Å²) in [5.41, 5.74) is 8.34. The molecule has 0 radical (unpaired) electrons. The number of amides is 4. The summed E-state index contributed by atoms with van der Waals surface area (Å²) in [7, 11) is 2.80. The summed E-state index contributed by atoms with van der Waals surface area (Å²) in [5, 5.41) is 1.05. The molecule has 0 N–H and O–H groups in total. The number of benzene rings is 4. The van der Waals surface area contributed by atoms with Gasteiger partial charge in [0.1, 0.15) is 10.6 Å². The molecule has 3 aliphatic rings. The van der Waals surface area contributed by atoms with Crippen LogP contribution in [0.2, 0.25) is 0 Å². The maximum absolute atomic E-state index is 13.1. The first kappa shape index (κ1) is 28.2. The van der Waals surface area contributed by atoms with Crippen LogP contribution in [-0.2, 0) is 20.4 Å². The first-order valence-electron chi connectivity index (χ1n) is 15.3. The Morgan fingerprint density at radius 1 is 0.630 bits per heavy atom. The van der Waals surface area contributed by atoms with Gasteiger partial charge in [0.15, 0.2) is 0 Å². The molecule has 3 aliphatic heterocycles. The maximum atomic E-state index is 13.1. The summed E-state index contributed by atoms with van der Waals surface area (Å²) in [6, 6.07) is 38.2. The first-order chi connectivity index (χ1) is 22.2. The Kier molecular flexibility index (Phi) is 6.05. The van der Waals surface area contributed by atoms with E-state index in [0.717, 1.165) is 36.6 Å². The largest absolute Gasteiger partial charge is 0.333 e. The zero-order chi connectivity index (χ0) is 32.0. The molecule has 1 aromatic heterocycles. The fourth-order valence-corrected chi connectivity index (χ4v) is 8.85. The van der Waals surface area contributed by atoms with E-state index >= 15 is 0 Å². The number of carbonyl (C=O) groups is 3. The van der Waals surface area contributed by atoms with Gasteiger partial charge in [0.2, 0.25) is 0 Å². The van der Waals surface area contributed by atoms with Gasteiger partial charge in [-0.25, -0.2) is 4.79 Å². The molecule has 0 aliphatic carbocycles. The molecule has 0 atom stereocenters. The third-order valence-electron chi connectivity index (χ3n) is 9.84. The van der Waals surface area contributed by atoms with Gasteiger partial charge in [0.05, 0.1) is 16.8 Å². The summed E-state index contributed by atoms with van der Waals surface area (Å²) in [5.74, 6) is -1.19. The van der Waals surface area contributed by atoms with Gasteiger partial charge in [-0.1, -0.05) is 111 Å². The van der Waals surface area contributed by atoms with Crippen molar-refractivity contribution in [1.82, 2.24) is 9.80 Å². The molecule has 1 saturated heterocycles. The molecule has 46 heavy (non-hydrogen) atoms. The van der Waals surface area contributed by atoms with E-state index in [1.54, 1.807) is 17.4 Å². The monoisotopic (exact) mass is 621 g/mol. The summed E-state index contributed by atoms with van der Waals surface area (Å²) < 4.78 is 0. The van der Waals surface area contributed by atoms with Gasteiger partial charge >= 0.3 is 6.03 Å². The van der Waals surface area contributed by atoms with Gasteiger partial charge in [0, 0.05) is 24.4 Å². The van der Waals surface area contributed by atoms with Crippen LogP contribution in [0.25, 0.3) is 6.08 Å². The number of urea groups is 1. The molecule has 1 fully saturated rings.